The minimum absolute atomic E-state index is 0.335. The third-order valence-corrected chi connectivity index (χ3v) is 1.55. The minimum atomic E-state index is -1.33. The Morgan fingerprint density at radius 2 is 2.08 bits per heavy atom. The van der Waals surface area contributed by atoms with E-state index in [1.54, 1.807) is 0 Å². The predicted molar refractivity (Wildman–Crippen MR) is 39.8 cm³/mol. The van der Waals surface area contributed by atoms with Crippen LogP contribution < -0.4 is 0 Å². The molecule has 0 aliphatic carbocycles. The molecule has 0 saturated heterocycles. The molecule has 12 heavy (non-hydrogen) atoms. The maximum Gasteiger partial charge on any atom is 0.339 e. The highest BCUT2D eigenvalue weighted by atomic mass is 19.1. The predicted octanol–water partition coefficient (Wildman–Crippen LogP) is 1.54. The zero-order valence-corrected chi connectivity index (χ0v) is 6.34. The SMILES string of the molecule is Cc1ccc(F)c(O)c1C(=O)O. The second kappa shape index (κ2) is 2.81. The van der Waals surface area contributed by atoms with Crippen molar-refractivity contribution in [1.29, 1.82) is 0 Å². The lowest BCUT2D eigenvalue weighted by atomic mass is 10.1. The molecule has 2 N–H and O–H groups in total. The zero-order chi connectivity index (χ0) is 9.30. The molecule has 0 aliphatic heterocycles. The molecule has 1 aromatic rings. The van der Waals surface area contributed by atoms with Crippen molar-refractivity contribution in [1.82, 2.24) is 0 Å². The summed E-state index contributed by atoms with van der Waals surface area (Å²) in [6, 6.07) is 2.33. The van der Waals surface area contributed by atoms with Gasteiger partial charge in [0.15, 0.2) is 11.6 Å². The fourth-order valence-corrected chi connectivity index (χ4v) is 0.937. The van der Waals surface area contributed by atoms with Gasteiger partial charge in [-0.15, -0.1) is 0 Å². The van der Waals surface area contributed by atoms with E-state index in [0.717, 1.165) is 6.07 Å². The number of benzene rings is 1. The van der Waals surface area contributed by atoms with Crippen LogP contribution in [-0.4, -0.2) is 16.2 Å². The summed E-state index contributed by atoms with van der Waals surface area (Å²) in [4.78, 5) is 10.5. The van der Waals surface area contributed by atoms with Gasteiger partial charge in [-0.3, -0.25) is 0 Å². The lowest BCUT2D eigenvalue weighted by Gasteiger charge is -2.03. The highest BCUT2D eigenvalue weighted by Crippen LogP contribution is 2.23. The number of carboxylic acid groups (broad SMARTS) is 1. The third kappa shape index (κ3) is 1.23. The monoisotopic (exact) mass is 170 g/mol. The summed E-state index contributed by atoms with van der Waals surface area (Å²) >= 11 is 0. The summed E-state index contributed by atoms with van der Waals surface area (Å²) in [7, 11) is 0. The standard InChI is InChI=1S/C8H7FO3/c1-4-2-3-5(9)7(10)6(4)8(11)12/h2-3,10H,1H3,(H,11,12). The second-order valence-electron chi connectivity index (χ2n) is 2.39. The summed E-state index contributed by atoms with van der Waals surface area (Å²) in [5.41, 5.74) is -0.0450. The molecule has 0 aromatic heterocycles. The van der Waals surface area contributed by atoms with E-state index in [1.807, 2.05) is 0 Å². The first kappa shape index (κ1) is 8.52. The van der Waals surface area contributed by atoms with Crippen LogP contribution in [0, 0.1) is 12.7 Å². The van der Waals surface area contributed by atoms with Crippen LogP contribution in [0.2, 0.25) is 0 Å². The van der Waals surface area contributed by atoms with E-state index in [0.29, 0.717) is 5.56 Å². The molecule has 0 amide bonds. The Morgan fingerprint density at radius 1 is 1.50 bits per heavy atom. The molecule has 4 heteroatoms. The van der Waals surface area contributed by atoms with Gasteiger partial charge in [-0.05, 0) is 18.6 Å². The number of phenols is 1. The summed E-state index contributed by atoms with van der Waals surface area (Å²) < 4.78 is 12.6. The van der Waals surface area contributed by atoms with Crippen LogP contribution in [0.3, 0.4) is 0 Å². The molecular formula is C8H7FO3. The van der Waals surface area contributed by atoms with Crippen LogP contribution in [0.15, 0.2) is 12.1 Å². The van der Waals surface area contributed by atoms with Gasteiger partial charge < -0.3 is 10.2 Å². The molecule has 0 aliphatic rings. The fraction of sp³-hybridized carbons (Fsp3) is 0.125. The van der Waals surface area contributed by atoms with Gasteiger partial charge in [-0.2, -0.15) is 0 Å². The summed E-state index contributed by atoms with van der Waals surface area (Å²) in [5, 5.41) is 17.5. The number of hydrogen-bond acceptors (Lipinski definition) is 2. The molecule has 0 fully saturated rings. The molecule has 3 nitrogen and oxygen atoms in total. The van der Waals surface area contributed by atoms with E-state index in [9.17, 15) is 9.18 Å². The summed E-state index contributed by atoms with van der Waals surface area (Å²) in [6.07, 6.45) is 0. The van der Waals surface area contributed by atoms with Crippen molar-refractivity contribution in [2.45, 2.75) is 6.92 Å². The average molecular weight is 170 g/mol. The van der Waals surface area contributed by atoms with Gasteiger partial charge in [0.05, 0.1) is 0 Å². The molecule has 0 atom stereocenters. The Kier molecular flexibility index (Phi) is 1.99. The Labute approximate surface area is 68.1 Å². The van der Waals surface area contributed by atoms with Crippen molar-refractivity contribution in [3.63, 3.8) is 0 Å². The van der Waals surface area contributed by atoms with E-state index in [4.69, 9.17) is 10.2 Å². The van der Waals surface area contributed by atoms with Crippen LogP contribution in [0.5, 0.6) is 5.75 Å². The van der Waals surface area contributed by atoms with Crippen LogP contribution in [0.1, 0.15) is 15.9 Å². The van der Waals surface area contributed by atoms with Crippen LogP contribution in [0.25, 0.3) is 0 Å². The number of rotatable bonds is 1. The number of carbonyl (C=O) groups is 1. The van der Waals surface area contributed by atoms with Gasteiger partial charge >= 0.3 is 5.97 Å². The fourth-order valence-electron chi connectivity index (χ4n) is 0.937. The molecular weight excluding hydrogens is 163 g/mol. The number of aryl methyl sites for hydroxylation is 1. The van der Waals surface area contributed by atoms with Crippen molar-refractivity contribution in [2.75, 3.05) is 0 Å². The normalized spacial score (nSPS) is 9.83. The molecule has 0 unspecified atom stereocenters. The Bertz CT molecular complexity index is 333. The van der Waals surface area contributed by atoms with E-state index in [2.05, 4.69) is 0 Å². The number of hydrogen-bond donors (Lipinski definition) is 2. The van der Waals surface area contributed by atoms with E-state index in [1.165, 1.54) is 13.0 Å². The zero-order valence-electron chi connectivity index (χ0n) is 6.34. The van der Waals surface area contributed by atoms with Crippen molar-refractivity contribution < 1.29 is 19.4 Å². The second-order valence-corrected chi connectivity index (χ2v) is 2.39. The van der Waals surface area contributed by atoms with Gasteiger partial charge in [0.1, 0.15) is 5.56 Å². The molecule has 0 heterocycles. The summed E-state index contributed by atoms with van der Waals surface area (Å²) in [6.45, 7) is 1.49. The molecule has 1 rings (SSSR count). The number of aromatic carboxylic acids is 1. The van der Waals surface area contributed by atoms with Crippen molar-refractivity contribution >= 4 is 5.97 Å². The first-order chi connectivity index (χ1) is 5.54. The lowest BCUT2D eigenvalue weighted by Crippen LogP contribution is -2.01. The van der Waals surface area contributed by atoms with Crippen LogP contribution in [-0.2, 0) is 0 Å². The van der Waals surface area contributed by atoms with Gasteiger partial charge in [0, 0.05) is 0 Å². The van der Waals surface area contributed by atoms with Crippen LogP contribution >= 0.6 is 0 Å². The highest BCUT2D eigenvalue weighted by molar-refractivity contribution is 5.92. The minimum Gasteiger partial charge on any atom is -0.504 e. The highest BCUT2D eigenvalue weighted by Gasteiger charge is 2.15. The number of halogens is 1. The first-order valence-electron chi connectivity index (χ1n) is 3.25. The van der Waals surface area contributed by atoms with Gasteiger partial charge in [0.25, 0.3) is 0 Å². The number of carboxylic acids is 1. The third-order valence-electron chi connectivity index (χ3n) is 1.55. The van der Waals surface area contributed by atoms with E-state index < -0.39 is 17.5 Å². The maximum atomic E-state index is 12.6. The van der Waals surface area contributed by atoms with E-state index in [-0.39, 0.29) is 5.56 Å². The topological polar surface area (TPSA) is 57.5 Å². The molecule has 0 saturated carbocycles. The van der Waals surface area contributed by atoms with Gasteiger partial charge in [-0.1, -0.05) is 6.07 Å². The van der Waals surface area contributed by atoms with E-state index >= 15 is 0 Å². The van der Waals surface area contributed by atoms with Gasteiger partial charge in [0.2, 0.25) is 0 Å². The van der Waals surface area contributed by atoms with Crippen molar-refractivity contribution in [3.8, 4) is 5.75 Å². The van der Waals surface area contributed by atoms with Gasteiger partial charge in [-0.25, -0.2) is 9.18 Å². The Morgan fingerprint density at radius 3 is 2.50 bits per heavy atom. The average Bonchev–Trinajstić information content (AvgIpc) is 1.97. The molecule has 64 valence electrons. The lowest BCUT2D eigenvalue weighted by molar-refractivity contribution is 0.0692. The van der Waals surface area contributed by atoms with Crippen molar-refractivity contribution in [2.24, 2.45) is 0 Å². The molecule has 0 spiro atoms. The summed E-state index contributed by atoms with van der Waals surface area (Å²) in [5.74, 6) is -3.05. The van der Waals surface area contributed by atoms with Crippen molar-refractivity contribution in [3.05, 3.63) is 29.1 Å². The first-order valence-corrected chi connectivity index (χ1v) is 3.25. The Balaban J connectivity index is 3.43. The smallest absolute Gasteiger partial charge is 0.339 e. The quantitative estimate of drug-likeness (QED) is 0.672. The largest absolute Gasteiger partial charge is 0.504 e. The Hall–Kier alpha value is -1.58. The molecule has 0 radical (unpaired) electrons. The molecule has 0 bridgehead atoms. The molecule has 1 aromatic carbocycles. The van der Waals surface area contributed by atoms with Crippen LogP contribution in [0.4, 0.5) is 4.39 Å². The maximum absolute atomic E-state index is 12.6. The number of aromatic hydroxyl groups is 1.